The fourth-order valence-electron chi connectivity index (χ4n) is 2.84. The van der Waals surface area contributed by atoms with E-state index in [0.717, 1.165) is 0 Å². The summed E-state index contributed by atoms with van der Waals surface area (Å²) in [5.74, 6) is -0.129. The first-order valence-electron chi connectivity index (χ1n) is 8.64. The van der Waals surface area contributed by atoms with Gasteiger partial charge < -0.3 is 9.73 Å². The fraction of sp³-hybridized carbons (Fsp3) is 0.0952. The topological polar surface area (TPSA) is 68.0 Å². The predicted molar refractivity (Wildman–Crippen MR) is 105 cm³/mol. The van der Waals surface area contributed by atoms with Crippen molar-refractivity contribution in [1.82, 2.24) is 15.3 Å². The van der Waals surface area contributed by atoms with Crippen LogP contribution in [0.15, 0.2) is 65.2 Å². The SMILES string of the molecule is O=C(NCCc1ccccc1F)c1ccc2oc(-c3ccnc(Cl)c3)nc2c1. The molecule has 0 atom stereocenters. The lowest BCUT2D eigenvalue weighted by atomic mass is 10.1. The molecule has 0 fully saturated rings. The Kier molecular flexibility index (Phi) is 5.04. The molecule has 0 radical (unpaired) electrons. The van der Waals surface area contributed by atoms with Gasteiger partial charge in [0, 0.05) is 23.9 Å². The van der Waals surface area contributed by atoms with E-state index >= 15 is 0 Å². The number of halogens is 2. The number of hydrogen-bond donors (Lipinski definition) is 1. The van der Waals surface area contributed by atoms with Gasteiger partial charge in [0.2, 0.25) is 5.89 Å². The number of benzene rings is 2. The summed E-state index contributed by atoms with van der Waals surface area (Å²) >= 11 is 5.91. The number of carbonyl (C=O) groups is 1. The summed E-state index contributed by atoms with van der Waals surface area (Å²) in [5.41, 5.74) is 2.84. The van der Waals surface area contributed by atoms with Crippen LogP contribution in [0.1, 0.15) is 15.9 Å². The number of carbonyl (C=O) groups excluding carboxylic acids is 1. The molecule has 0 spiro atoms. The van der Waals surface area contributed by atoms with E-state index in [4.69, 9.17) is 16.0 Å². The average molecular weight is 396 g/mol. The standard InChI is InChI=1S/C21H15ClFN3O2/c22-19-12-15(8-9-24-19)21-26-17-11-14(5-6-18(17)28-21)20(27)25-10-7-13-3-1-2-4-16(13)23/h1-6,8-9,11-12H,7,10H2,(H,25,27). The van der Waals surface area contributed by atoms with Crippen molar-refractivity contribution in [2.45, 2.75) is 6.42 Å². The maximum Gasteiger partial charge on any atom is 0.251 e. The number of amides is 1. The van der Waals surface area contributed by atoms with Crippen molar-refractivity contribution in [2.24, 2.45) is 0 Å². The Morgan fingerprint density at radius 1 is 1.14 bits per heavy atom. The van der Waals surface area contributed by atoms with Crippen molar-refractivity contribution in [3.63, 3.8) is 0 Å². The summed E-state index contributed by atoms with van der Waals surface area (Å²) in [6.45, 7) is 0.331. The van der Waals surface area contributed by atoms with Crippen molar-refractivity contribution < 1.29 is 13.6 Å². The van der Waals surface area contributed by atoms with Gasteiger partial charge in [0.15, 0.2) is 5.58 Å². The Morgan fingerprint density at radius 2 is 2.00 bits per heavy atom. The summed E-state index contributed by atoms with van der Waals surface area (Å²) in [5, 5.41) is 3.14. The van der Waals surface area contributed by atoms with E-state index in [1.54, 1.807) is 54.7 Å². The highest BCUT2D eigenvalue weighted by Gasteiger charge is 2.12. The van der Waals surface area contributed by atoms with Gasteiger partial charge in [0.25, 0.3) is 5.91 Å². The van der Waals surface area contributed by atoms with Crippen molar-refractivity contribution in [3.05, 3.63) is 82.9 Å². The van der Waals surface area contributed by atoms with Gasteiger partial charge >= 0.3 is 0 Å². The zero-order chi connectivity index (χ0) is 19.5. The van der Waals surface area contributed by atoms with Crippen LogP contribution in [0, 0.1) is 5.82 Å². The second kappa shape index (κ2) is 7.78. The molecular formula is C21H15ClFN3O2. The van der Waals surface area contributed by atoms with Gasteiger partial charge in [-0.25, -0.2) is 14.4 Å². The lowest BCUT2D eigenvalue weighted by Crippen LogP contribution is -2.25. The van der Waals surface area contributed by atoms with Crippen LogP contribution >= 0.6 is 11.6 Å². The van der Waals surface area contributed by atoms with Crippen molar-refractivity contribution in [1.29, 1.82) is 0 Å². The van der Waals surface area contributed by atoms with E-state index in [2.05, 4.69) is 15.3 Å². The third-order valence-electron chi connectivity index (χ3n) is 4.26. The average Bonchev–Trinajstić information content (AvgIpc) is 3.13. The van der Waals surface area contributed by atoms with E-state index in [-0.39, 0.29) is 11.7 Å². The molecule has 2 heterocycles. The minimum Gasteiger partial charge on any atom is -0.436 e. The highest BCUT2D eigenvalue weighted by atomic mass is 35.5. The van der Waals surface area contributed by atoms with Crippen LogP contribution in [0.3, 0.4) is 0 Å². The molecule has 0 aliphatic heterocycles. The first-order valence-corrected chi connectivity index (χ1v) is 9.02. The molecule has 1 amide bonds. The summed E-state index contributed by atoms with van der Waals surface area (Å²) in [6, 6.07) is 14.9. The van der Waals surface area contributed by atoms with Gasteiger partial charge in [0.1, 0.15) is 16.5 Å². The molecular weight excluding hydrogens is 381 g/mol. The normalized spacial score (nSPS) is 10.9. The molecule has 0 bridgehead atoms. The summed E-state index contributed by atoms with van der Waals surface area (Å²) in [6.07, 6.45) is 1.98. The second-order valence-corrected chi connectivity index (χ2v) is 6.55. The number of rotatable bonds is 5. The van der Waals surface area contributed by atoms with Crippen LogP contribution in [0.2, 0.25) is 5.15 Å². The molecule has 28 heavy (non-hydrogen) atoms. The highest BCUT2D eigenvalue weighted by molar-refractivity contribution is 6.29. The van der Waals surface area contributed by atoms with Gasteiger partial charge in [-0.15, -0.1) is 0 Å². The zero-order valence-corrected chi connectivity index (χ0v) is 15.4. The number of nitrogens with one attached hydrogen (secondary N) is 1. The summed E-state index contributed by atoms with van der Waals surface area (Å²) in [4.78, 5) is 20.8. The molecule has 5 nitrogen and oxygen atoms in total. The molecule has 2 aromatic heterocycles. The van der Waals surface area contributed by atoms with Gasteiger partial charge in [-0.2, -0.15) is 0 Å². The third-order valence-corrected chi connectivity index (χ3v) is 4.47. The predicted octanol–water partition coefficient (Wildman–Crippen LogP) is 4.65. The molecule has 4 aromatic rings. The maximum absolute atomic E-state index is 13.6. The monoisotopic (exact) mass is 395 g/mol. The Labute approximate surface area is 165 Å². The van der Waals surface area contributed by atoms with E-state index in [1.807, 2.05) is 0 Å². The van der Waals surface area contributed by atoms with Gasteiger partial charge in [-0.3, -0.25) is 4.79 Å². The Morgan fingerprint density at radius 3 is 2.82 bits per heavy atom. The van der Waals surface area contributed by atoms with Crippen molar-refractivity contribution in [3.8, 4) is 11.5 Å². The number of nitrogens with zero attached hydrogens (tertiary/aromatic N) is 2. The van der Waals surface area contributed by atoms with Gasteiger partial charge in [-0.05, 0) is 48.4 Å². The Hall–Kier alpha value is -3.25. The van der Waals surface area contributed by atoms with Gasteiger partial charge in [0.05, 0.1) is 0 Å². The molecule has 0 aliphatic rings. The Bertz CT molecular complexity index is 1160. The first kappa shape index (κ1) is 18.1. The maximum atomic E-state index is 13.6. The van der Waals surface area contributed by atoms with Crippen molar-refractivity contribution >= 4 is 28.6 Å². The largest absolute Gasteiger partial charge is 0.436 e. The van der Waals surface area contributed by atoms with Crippen LogP contribution in [-0.4, -0.2) is 22.4 Å². The number of oxazole rings is 1. The Balaban J connectivity index is 1.48. The van der Waals surface area contributed by atoms with E-state index in [1.165, 1.54) is 6.07 Å². The number of pyridine rings is 1. The summed E-state index contributed by atoms with van der Waals surface area (Å²) in [7, 11) is 0. The lowest BCUT2D eigenvalue weighted by Gasteiger charge is -2.06. The zero-order valence-electron chi connectivity index (χ0n) is 14.7. The van der Waals surface area contributed by atoms with Crippen LogP contribution in [0.25, 0.3) is 22.6 Å². The third kappa shape index (κ3) is 3.87. The minimum atomic E-state index is -0.274. The molecule has 0 saturated heterocycles. The molecule has 0 unspecified atom stereocenters. The molecule has 7 heteroatoms. The minimum absolute atomic E-state index is 0.255. The number of hydrogen-bond acceptors (Lipinski definition) is 4. The molecule has 1 N–H and O–H groups in total. The van der Waals surface area contributed by atoms with Gasteiger partial charge in [-0.1, -0.05) is 29.8 Å². The van der Waals surface area contributed by atoms with E-state index in [0.29, 0.717) is 51.8 Å². The molecule has 2 aromatic carbocycles. The van der Waals surface area contributed by atoms with Crippen LogP contribution < -0.4 is 5.32 Å². The lowest BCUT2D eigenvalue weighted by molar-refractivity contribution is 0.0954. The molecule has 4 rings (SSSR count). The number of aromatic nitrogens is 2. The van der Waals surface area contributed by atoms with E-state index in [9.17, 15) is 9.18 Å². The van der Waals surface area contributed by atoms with Crippen LogP contribution in [0.5, 0.6) is 0 Å². The first-order chi connectivity index (χ1) is 13.6. The van der Waals surface area contributed by atoms with Crippen LogP contribution in [-0.2, 0) is 6.42 Å². The van der Waals surface area contributed by atoms with Crippen LogP contribution in [0.4, 0.5) is 4.39 Å². The molecule has 0 aliphatic carbocycles. The second-order valence-electron chi connectivity index (χ2n) is 6.17. The smallest absolute Gasteiger partial charge is 0.251 e. The number of fused-ring (bicyclic) bond motifs is 1. The van der Waals surface area contributed by atoms with Crippen molar-refractivity contribution in [2.75, 3.05) is 6.54 Å². The quantitative estimate of drug-likeness (QED) is 0.499. The molecule has 140 valence electrons. The highest BCUT2D eigenvalue weighted by Crippen LogP contribution is 2.26. The van der Waals surface area contributed by atoms with E-state index < -0.39 is 0 Å². The summed E-state index contributed by atoms with van der Waals surface area (Å²) < 4.78 is 19.4. The molecule has 0 saturated carbocycles. The fourth-order valence-corrected chi connectivity index (χ4v) is 3.02.